The molecule has 10 heteroatoms. The van der Waals surface area contributed by atoms with E-state index in [2.05, 4.69) is 123 Å². The first-order chi connectivity index (χ1) is 39.4. The predicted octanol–water partition coefficient (Wildman–Crippen LogP) is 20.3. The maximum Gasteiger partial charge on any atom is 0.306 e. The van der Waals surface area contributed by atoms with Gasteiger partial charge in [-0.1, -0.05) is 265 Å². The van der Waals surface area contributed by atoms with Crippen molar-refractivity contribution in [1.29, 1.82) is 0 Å². The van der Waals surface area contributed by atoms with Crippen LogP contribution in [-0.4, -0.2) is 69.4 Å². The van der Waals surface area contributed by atoms with Gasteiger partial charge in [-0.2, -0.15) is 0 Å². The summed E-state index contributed by atoms with van der Waals surface area (Å²) in [6.45, 7) is 6.69. The van der Waals surface area contributed by atoms with E-state index in [1.54, 1.807) is 0 Å². The average Bonchev–Trinajstić information content (AvgIpc) is 3.44. The fourth-order valence-electron chi connectivity index (χ4n) is 9.10. The molecule has 3 unspecified atom stereocenters. The number of phosphoric ester groups is 1. The fourth-order valence-corrected chi connectivity index (χ4v) is 9.83. The van der Waals surface area contributed by atoms with Crippen LogP contribution in [0, 0.1) is 0 Å². The smallest absolute Gasteiger partial charge is 0.306 e. The zero-order chi connectivity index (χ0) is 59.3. The van der Waals surface area contributed by atoms with E-state index < -0.39 is 26.6 Å². The Bertz CT molecular complexity index is 1750. The lowest BCUT2D eigenvalue weighted by molar-refractivity contribution is -0.870. The molecule has 1 N–H and O–H groups in total. The molecule has 0 aromatic rings. The molecule has 81 heavy (non-hydrogen) atoms. The Labute approximate surface area is 500 Å². The number of amides is 1. The van der Waals surface area contributed by atoms with E-state index in [0.29, 0.717) is 23.9 Å². The number of ether oxygens (including phenoxy) is 1. The monoisotopic (exact) mass is 1150 g/mol. The van der Waals surface area contributed by atoms with Crippen molar-refractivity contribution in [3.8, 4) is 0 Å². The van der Waals surface area contributed by atoms with Gasteiger partial charge in [-0.25, -0.2) is 0 Å². The minimum Gasteiger partial charge on any atom is -0.756 e. The number of rotatable bonds is 59. The first-order valence-corrected chi connectivity index (χ1v) is 34.7. The number of nitrogens with one attached hydrogen (secondary N) is 1. The summed E-state index contributed by atoms with van der Waals surface area (Å²) in [5.41, 5.74) is 0. The summed E-state index contributed by atoms with van der Waals surface area (Å²) in [5.74, 6) is -0.566. The molecule has 0 aliphatic heterocycles. The number of unbranched alkanes of at least 4 members (excludes halogenated alkanes) is 28. The van der Waals surface area contributed by atoms with Crippen LogP contribution in [0.1, 0.15) is 278 Å². The number of hydrogen-bond donors (Lipinski definition) is 1. The van der Waals surface area contributed by atoms with E-state index in [1.165, 1.54) is 103 Å². The molecule has 0 saturated carbocycles. The average molecular weight is 1150 g/mol. The van der Waals surface area contributed by atoms with Crippen LogP contribution in [0.5, 0.6) is 0 Å². The van der Waals surface area contributed by atoms with Gasteiger partial charge in [0.25, 0.3) is 7.82 Å². The number of esters is 1. The number of phosphoric acid groups is 1. The van der Waals surface area contributed by atoms with Gasteiger partial charge in [0.1, 0.15) is 19.3 Å². The molecule has 9 nitrogen and oxygen atoms in total. The van der Waals surface area contributed by atoms with Crippen molar-refractivity contribution in [2.24, 2.45) is 0 Å². The van der Waals surface area contributed by atoms with Crippen molar-refractivity contribution in [3.63, 3.8) is 0 Å². The van der Waals surface area contributed by atoms with Crippen LogP contribution in [0.2, 0.25) is 0 Å². The third kappa shape index (κ3) is 61.1. The Morgan fingerprint density at radius 3 is 1.28 bits per heavy atom. The number of likely N-dealkylation sites (N-methyl/N-ethyl adjacent to an activating group) is 1. The molecule has 0 aliphatic carbocycles. The highest BCUT2D eigenvalue weighted by Crippen LogP contribution is 2.38. The maximum atomic E-state index is 13.5. The Morgan fingerprint density at radius 2 is 0.827 bits per heavy atom. The predicted molar refractivity (Wildman–Crippen MR) is 348 cm³/mol. The largest absolute Gasteiger partial charge is 0.756 e. The van der Waals surface area contributed by atoms with Crippen molar-refractivity contribution in [3.05, 3.63) is 109 Å². The Morgan fingerprint density at radius 1 is 0.457 bits per heavy atom. The summed E-state index contributed by atoms with van der Waals surface area (Å²) >= 11 is 0. The Kier molecular flexibility index (Phi) is 57.4. The summed E-state index contributed by atoms with van der Waals surface area (Å²) in [5, 5.41) is 3.02. The second-order valence-electron chi connectivity index (χ2n) is 23.3. The highest BCUT2D eigenvalue weighted by Gasteiger charge is 2.27. The minimum atomic E-state index is -4.71. The van der Waals surface area contributed by atoms with Crippen molar-refractivity contribution in [1.82, 2.24) is 5.32 Å². The van der Waals surface area contributed by atoms with Crippen molar-refractivity contribution in [2.75, 3.05) is 40.9 Å². The number of hydrogen-bond acceptors (Lipinski definition) is 7. The van der Waals surface area contributed by atoms with Crippen LogP contribution in [0.3, 0.4) is 0 Å². The lowest BCUT2D eigenvalue weighted by atomic mass is 10.0. The topological polar surface area (TPSA) is 114 Å². The fraction of sp³-hybridized carbons (Fsp3) is 0.718. The van der Waals surface area contributed by atoms with E-state index in [0.717, 1.165) is 135 Å². The summed E-state index contributed by atoms with van der Waals surface area (Å²) in [4.78, 5) is 40.1. The molecule has 0 radical (unpaired) electrons. The molecule has 0 fully saturated rings. The van der Waals surface area contributed by atoms with E-state index in [4.69, 9.17) is 13.8 Å². The second kappa shape index (κ2) is 59.8. The first-order valence-electron chi connectivity index (χ1n) is 33.2. The molecule has 0 saturated heterocycles. The van der Waals surface area contributed by atoms with Crippen LogP contribution in [0.15, 0.2) is 109 Å². The number of carbonyl (C=O) groups excluding carboxylic acids is 2. The van der Waals surface area contributed by atoms with Gasteiger partial charge in [-0.05, 0) is 109 Å². The van der Waals surface area contributed by atoms with Crippen LogP contribution < -0.4 is 10.2 Å². The molecule has 1 amide bonds. The lowest BCUT2D eigenvalue weighted by Gasteiger charge is -2.30. The second-order valence-corrected chi connectivity index (χ2v) is 24.7. The summed E-state index contributed by atoms with van der Waals surface area (Å²) < 4.78 is 30.4. The van der Waals surface area contributed by atoms with Gasteiger partial charge in [0.2, 0.25) is 5.91 Å². The zero-order valence-electron chi connectivity index (χ0n) is 53.2. The highest BCUT2D eigenvalue weighted by molar-refractivity contribution is 7.45. The molecular formula is C71H125N2O7P. The quantitative estimate of drug-likeness (QED) is 0.0161. The third-order valence-electron chi connectivity index (χ3n) is 14.2. The normalized spacial score (nSPS) is 14.3. The highest BCUT2D eigenvalue weighted by atomic mass is 31.2. The number of quaternary nitrogens is 1. The van der Waals surface area contributed by atoms with Crippen molar-refractivity contribution < 1.29 is 37.3 Å². The molecule has 0 aliphatic rings. The van der Waals surface area contributed by atoms with Crippen LogP contribution in [-0.2, 0) is 27.9 Å². The standard InChI is InChI=1S/C71H125N2O7P/c1-7-10-13-16-19-22-25-28-30-31-32-33-34-35-36-37-38-39-40-41-43-46-49-52-55-58-61-64-71(75)80-69(62-59-56-53-50-47-44-27-24-21-18-15-12-9-3)68(67-79-81(76,77)78-66-65-73(4,5)6)72-70(74)63-60-57-54-51-48-45-42-29-26-23-20-17-14-11-8-2/h10,13,19-20,22-23,26,28-30,32-33,35-36,38-39,59,62,68-69H,7-9,11-12,14-18,21,24-25,27,31,34,37,40-58,60-61,63-67H2,1-6H3,(H-,72,74,76,77)/b13-10-,22-19-,23-20+,29-26+,30-28-,33-32-,36-35-,39-38-,62-59-. The van der Waals surface area contributed by atoms with E-state index in [-0.39, 0.29) is 24.9 Å². The van der Waals surface area contributed by atoms with Gasteiger partial charge in [0.05, 0.1) is 33.8 Å². The van der Waals surface area contributed by atoms with Crippen LogP contribution in [0.25, 0.3) is 0 Å². The van der Waals surface area contributed by atoms with Crippen LogP contribution >= 0.6 is 7.82 Å². The van der Waals surface area contributed by atoms with Gasteiger partial charge in [-0.3, -0.25) is 14.2 Å². The summed E-state index contributed by atoms with van der Waals surface area (Å²) in [6.07, 6.45) is 82.0. The molecule has 0 rings (SSSR count). The zero-order valence-corrected chi connectivity index (χ0v) is 54.1. The SMILES string of the molecule is CC/C=C\C/C=C\C/C=C\C/C=C\C/C=C\C/C=C\CCCCCCCCCCC(=O)OC(/C=C\CCCCCCCCCCCCC)C(COP(=O)([O-])OCC[N+](C)(C)C)NC(=O)CCCCCCCC/C=C/C=C/CCCCC. The number of carbonyl (C=O) groups is 2. The number of allylic oxidation sites excluding steroid dienone is 17. The maximum absolute atomic E-state index is 13.5. The van der Waals surface area contributed by atoms with Gasteiger partial charge in [-0.15, -0.1) is 0 Å². The molecule has 466 valence electrons. The molecule has 0 aromatic heterocycles. The van der Waals surface area contributed by atoms with Crippen LogP contribution in [0.4, 0.5) is 0 Å². The number of nitrogens with zero attached hydrogens (tertiary/aromatic N) is 1. The third-order valence-corrected chi connectivity index (χ3v) is 15.2. The van der Waals surface area contributed by atoms with E-state index >= 15 is 0 Å². The lowest BCUT2D eigenvalue weighted by Crippen LogP contribution is -2.47. The van der Waals surface area contributed by atoms with Gasteiger partial charge < -0.3 is 28.5 Å². The summed E-state index contributed by atoms with van der Waals surface area (Å²) in [7, 11) is 1.16. The first kappa shape index (κ1) is 77.7. The van der Waals surface area contributed by atoms with E-state index in [1.807, 2.05) is 33.3 Å². The Balaban J connectivity index is 5.17. The molecule has 0 bridgehead atoms. The minimum absolute atomic E-state index is 0.0309. The van der Waals surface area contributed by atoms with Crippen molar-refractivity contribution in [2.45, 2.75) is 290 Å². The summed E-state index contributed by atoms with van der Waals surface area (Å²) in [6, 6.07) is -0.905. The molecule has 0 aromatic carbocycles. The molecule has 0 heterocycles. The van der Waals surface area contributed by atoms with Gasteiger partial charge >= 0.3 is 5.97 Å². The van der Waals surface area contributed by atoms with Gasteiger partial charge in [0.15, 0.2) is 0 Å². The Hall–Kier alpha value is -3.33. The molecular weight excluding hydrogens is 1020 g/mol. The molecule has 3 atom stereocenters. The van der Waals surface area contributed by atoms with E-state index in [9.17, 15) is 19.0 Å². The molecule has 0 spiro atoms. The van der Waals surface area contributed by atoms with Gasteiger partial charge in [0, 0.05) is 12.8 Å². The van der Waals surface area contributed by atoms with Crippen molar-refractivity contribution >= 4 is 19.7 Å².